The molecular formula is C6H9F3N2O2. The van der Waals surface area contributed by atoms with E-state index in [1.54, 1.807) is 5.32 Å². The molecule has 1 atom stereocenters. The van der Waals surface area contributed by atoms with Crippen molar-refractivity contribution in [1.82, 2.24) is 5.32 Å². The van der Waals surface area contributed by atoms with Crippen LogP contribution in [-0.4, -0.2) is 24.0 Å². The summed E-state index contributed by atoms with van der Waals surface area (Å²) in [6.07, 6.45) is -6.17. The zero-order valence-electron chi connectivity index (χ0n) is 6.81. The highest BCUT2D eigenvalue weighted by Gasteiger charge is 2.31. The summed E-state index contributed by atoms with van der Waals surface area (Å²) in [5.41, 5.74) is 4.71. The fourth-order valence-electron chi connectivity index (χ4n) is 0.546. The number of nitrogens with one attached hydrogen (secondary N) is 1. The van der Waals surface area contributed by atoms with E-state index in [0.717, 1.165) is 0 Å². The van der Waals surface area contributed by atoms with Gasteiger partial charge in [0.2, 0.25) is 11.8 Å². The topological polar surface area (TPSA) is 72.2 Å². The molecule has 0 saturated heterocycles. The van der Waals surface area contributed by atoms with Gasteiger partial charge in [-0.15, -0.1) is 0 Å². The number of hydrogen-bond acceptors (Lipinski definition) is 2. The van der Waals surface area contributed by atoms with Crippen molar-refractivity contribution in [2.75, 3.05) is 0 Å². The van der Waals surface area contributed by atoms with Gasteiger partial charge in [0.15, 0.2) is 0 Å². The summed E-state index contributed by atoms with van der Waals surface area (Å²) in [5, 5.41) is 1.80. The van der Waals surface area contributed by atoms with Crippen LogP contribution >= 0.6 is 0 Å². The Kier molecular flexibility index (Phi) is 3.70. The second-order valence-corrected chi connectivity index (χ2v) is 2.48. The van der Waals surface area contributed by atoms with Gasteiger partial charge in [-0.1, -0.05) is 0 Å². The highest BCUT2D eigenvalue weighted by molar-refractivity contribution is 5.86. The lowest BCUT2D eigenvalue weighted by Gasteiger charge is -2.11. The Morgan fingerprint density at radius 1 is 1.46 bits per heavy atom. The maximum absolute atomic E-state index is 11.6. The van der Waals surface area contributed by atoms with Crippen LogP contribution in [0.25, 0.3) is 0 Å². The summed E-state index contributed by atoms with van der Waals surface area (Å²) in [6.45, 7) is 1.20. The van der Waals surface area contributed by atoms with Crippen molar-refractivity contribution in [2.24, 2.45) is 5.73 Å². The lowest BCUT2D eigenvalue weighted by atomic mass is 10.3. The number of amides is 2. The van der Waals surface area contributed by atoms with Crippen LogP contribution in [0.2, 0.25) is 0 Å². The van der Waals surface area contributed by atoms with Crippen molar-refractivity contribution < 1.29 is 22.8 Å². The molecule has 7 heteroatoms. The van der Waals surface area contributed by atoms with Gasteiger partial charge in [-0.2, -0.15) is 13.2 Å². The van der Waals surface area contributed by atoms with Crippen LogP contribution in [0.4, 0.5) is 13.2 Å². The molecule has 0 aromatic carbocycles. The monoisotopic (exact) mass is 198 g/mol. The van der Waals surface area contributed by atoms with Crippen LogP contribution in [0.5, 0.6) is 0 Å². The standard InChI is InChI=1S/C6H9F3N2O2/c1-3(5(10)13)11-4(12)2-6(7,8)9/h3H,2H2,1H3,(H2,10,13)(H,11,12). The molecule has 0 aromatic rings. The summed E-state index contributed by atoms with van der Waals surface area (Å²) in [4.78, 5) is 20.9. The third-order valence-electron chi connectivity index (χ3n) is 1.17. The van der Waals surface area contributed by atoms with E-state index in [0.29, 0.717) is 0 Å². The van der Waals surface area contributed by atoms with Gasteiger partial charge in [-0.05, 0) is 6.92 Å². The van der Waals surface area contributed by atoms with Gasteiger partial charge in [0.1, 0.15) is 12.5 Å². The minimum atomic E-state index is -4.57. The first-order valence-corrected chi connectivity index (χ1v) is 3.38. The van der Waals surface area contributed by atoms with E-state index in [1.807, 2.05) is 0 Å². The first-order chi connectivity index (χ1) is 5.72. The van der Waals surface area contributed by atoms with Crippen LogP contribution < -0.4 is 11.1 Å². The van der Waals surface area contributed by atoms with E-state index in [1.165, 1.54) is 6.92 Å². The second kappa shape index (κ2) is 4.11. The van der Waals surface area contributed by atoms with E-state index < -0.39 is 30.5 Å². The largest absolute Gasteiger partial charge is 0.397 e. The molecule has 0 aliphatic carbocycles. The Morgan fingerprint density at radius 3 is 2.23 bits per heavy atom. The number of hydrogen-bond donors (Lipinski definition) is 2. The Hall–Kier alpha value is -1.27. The lowest BCUT2D eigenvalue weighted by molar-refractivity contribution is -0.154. The van der Waals surface area contributed by atoms with Crippen molar-refractivity contribution >= 4 is 11.8 Å². The van der Waals surface area contributed by atoms with Gasteiger partial charge in [0.05, 0.1) is 0 Å². The van der Waals surface area contributed by atoms with Crippen LogP contribution in [0.3, 0.4) is 0 Å². The molecule has 0 aromatic heterocycles. The minimum absolute atomic E-state index is 0.879. The molecule has 0 heterocycles. The molecule has 0 bridgehead atoms. The molecular weight excluding hydrogens is 189 g/mol. The van der Waals surface area contributed by atoms with Crippen LogP contribution in [0.1, 0.15) is 13.3 Å². The molecule has 0 aliphatic rings. The van der Waals surface area contributed by atoms with Gasteiger partial charge in [0.25, 0.3) is 0 Å². The summed E-state index contributed by atoms with van der Waals surface area (Å²) >= 11 is 0. The smallest absolute Gasteiger partial charge is 0.368 e. The Labute approximate surface area is 72.3 Å². The first-order valence-electron chi connectivity index (χ1n) is 3.38. The van der Waals surface area contributed by atoms with Gasteiger partial charge >= 0.3 is 6.18 Å². The zero-order valence-corrected chi connectivity index (χ0v) is 6.81. The number of carbonyl (C=O) groups is 2. The summed E-state index contributed by atoms with van der Waals surface area (Å²) in [7, 11) is 0. The Balaban J connectivity index is 3.96. The van der Waals surface area contributed by atoms with Crippen molar-refractivity contribution in [2.45, 2.75) is 25.6 Å². The van der Waals surface area contributed by atoms with E-state index >= 15 is 0 Å². The molecule has 13 heavy (non-hydrogen) atoms. The first kappa shape index (κ1) is 11.7. The Morgan fingerprint density at radius 2 is 1.92 bits per heavy atom. The Bertz CT molecular complexity index is 214. The number of nitrogens with two attached hydrogens (primary N) is 1. The highest BCUT2D eigenvalue weighted by atomic mass is 19.4. The average molecular weight is 198 g/mol. The van der Waals surface area contributed by atoms with E-state index in [9.17, 15) is 22.8 Å². The predicted octanol–water partition coefficient (Wildman–Crippen LogP) is -0.0712. The maximum atomic E-state index is 11.6. The molecule has 2 amide bonds. The molecule has 76 valence electrons. The second-order valence-electron chi connectivity index (χ2n) is 2.48. The van der Waals surface area contributed by atoms with Gasteiger partial charge in [-0.25, -0.2) is 0 Å². The van der Waals surface area contributed by atoms with Crippen molar-refractivity contribution in [3.8, 4) is 0 Å². The molecule has 0 fully saturated rings. The van der Waals surface area contributed by atoms with Crippen molar-refractivity contribution in [1.29, 1.82) is 0 Å². The minimum Gasteiger partial charge on any atom is -0.368 e. The van der Waals surface area contributed by atoms with Crippen LogP contribution in [0.15, 0.2) is 0 Å². The van der Waals surface area contributed by atoms with Crippen LogP contribution in [0, 0.1) is 0 Å². The zero-order chi connectivity index (χ0) is 10.6. The van der Waals surface area contributed by atoms with Gasteiger partial charge in [0, 0.05) is 0 Å². The van der Waals surface area contributed by atoms with E-state index in [-0.39, 0.29) is 0 Å². The lowest BCUT2D eigenvalue weighted by Crippen LogP contribution is -2.43. The predicted molar refractivity (Wildman–Crippen MR) is 37.5 cm³/mol. The summed E-state index contributed by atoms with van der Waals surface area (Å²) in [6, 6.07) is -1.09. The van der Waals surface area contributed by atoms with E-state index in [4.69, 9.17) is 5.73 Å². The van der Waals surface area contributed by atoms with E-state index in [2.05, 4.69) is 0 Å². The molecule has 0 rings (SSSR count). The van der Waals surface area contributed by atoms with Gasteiger partial charge < -0.3 is 11.1 Å². The SMILES string of the molecule is CC(NC(=O)CC(F)(F)F)C(N)=O. The van der Waals surface area contributed by atoms with Crippen LogP contribution in [-0.2, 0) is 9.59 Å². The third-order valence-corrected chi connectivity index (χ3v) is 1.17. The summed E-state index contributed by atoms with van der Waals surface area (Å²) < 4.78 is 34.7. The number of rotatable bonds is 3. The third kappa shape index (κ3) is 5.94. The van der Waals surface area contributed by atoms with Gasteiger partial charge in [-0.3, -0.25) is 9.59 Å². The number of halogens is 3. The molecule has 1 unspecified atom stereocenters. The quantitative estimate of drug-likeness (QED) is 0.666. The molecule has 0 aliphatic heterocycles. The number of carbonyl (C=O) groups excluding carboxylic acids is 2. The average Bonchev–Trinajstić information content (AvgIpc) is 1.81. The molecule has 0 spiro atoms. The molecule has 0 radical (unpaired) electrons. The highest BCUT2D eigenvalue weighted by Crippen LogP contribution is 2.18. The fraction of sp³-hybridized carbons (Fsp3) is 0.667. The van der Waals surface area contributed by atoms with Crippen molar-refractivity contribution in [3.05, 3.63) is 0 Å². The normalized spacial score (nSPS) is 13.5. The molecule has 0 saturated carbocycles. The maximum Gasteiger partial charge on any atom is 0.397 e. The van der Waals surface area contributed by atoms with Crippen molar-refractivity contribution in [3.63, 3.8) is 0 Å². The molecule has 3 N–H and O–H groups in total. The summed E-state index contributed by atoms with van der Waals surface area (Å²) in [5.74, 6) is -2.14. The fourth-order valence-corrected chi connectivity index (χ4v) is 0.546. The number of primary amides is 1. The molecule has 4 nitrogen and oxygen atoms in total. The number of alkyl halides is 3.